The number of hydrogen-bond donors (Lipinski definition) is 1. The van der Waals surface area contributed by atoms with Gasteiger partial charge in [-0.05, 0) is 24.8 Å². The number of ketones is 1. The SMILES string of the molecule is O=C1CCC2C1C(C=Cc1ccccc1)N(C(=O)C1CC1)C2C(=O)O. The lowest BCUT2D eigenvalue weighted by Gasteiger charge is -2.29. The van der Waals surface area contributed by atoms with Gasteiger partial charge in [0.25, 0.3) is 0 Å². The van der Waals surface area contributed by atoms with Gasteiger partial charge in [-0.15, -0.1) is 0 Å². The molecule has 5 heteroatoms. The largest absolute Gasteiger partial charge is 0.480 e. The normalized spacial score (nSPS) is 31.5. The molecule has 25 heavy (non-hydrogen) atoms. The molecular weight excluding hydrogens is 318 g/mol. The van der Waals surface area contributed by atoms with Crippen molar-refractivity contribution in [3.8, 4) is 0 Å². The fraction of sp³-hybridized carbons (Fsp3) is 0.450. The monoisotopic (exact) mass is 339 g/mol. The standard InChI is InChI=1S/C20H21NO4/c22-16-11-9-14-17(16)15(10-6-12-4-2-1-3-5-12)21(18(14)20(24)25)19(23)13-7-8-13/h1-6,10,13-15,17-18H,7-9,11H2,(H,24,25). The summed E-state index contributed by atoms with van der Waals surface area (Å²) in [5, 5.41) is 9.74. The van der Waals surface area contributed by atoms with E-state index in [1.165, 1.54) is 4.90 Å². The molecule has 3 fully saturated rings. The molecular formula is C20H21NO4. The van der Waals surface area contributed by atoms with Crippen LogP contribution in [0.2, 0.25) is 0 Å². The second-order valence-corrected chi connectivity index (χ2v) is 7.26. The van der Waals surface area contributed by atoms with Crippen LogP contribution in [0.25, 0.3) is 6.08 Å². The van der Waals surface area contributed by atoms with Crippen LogP contribution in [-0.2, 0) is 14.4 Å². The highest BCUT2D eigenvalue weighted by Crippen LogP contribution is 2.47. The summed E-state index contributed by atoms with van der Waals surface area (Å²) in [5.74, 6) is -1.72. The zero-order chi connectivity index (χ0) is 17.6. The van der Waals surface area contributed by atoms with Crippen molar-refractivity contribution in [2.75, 3.05) is 0 Å². The van der Waals surface area contributed by atoms with Gasteiger partial charge in [0, 0.05) is 24.2 Å². The number of hydrogen-bond acceptors (Lipinski definition) is 3. The summed E-state index contributed by atoms with van der Waals surface area (Å²) < 4.78 is 0. The van der Waals surface area contributed by atoms with Gasteiger partial charge in [-0.1, -0.05) is 42.5 Å². The molecule has 4 unspecified atom stereocenters. The van der Waals surface area contributed by atoms with Crippen molar-refractivity contribution in [2.45, 2.75) is 37.8 Å². The Kier molecular flexibility index (Phi) is 3.94. The van der Waals surface area contributed by atoms with E-state index in [1.54, 1.807) is 0 Å². The van der Waals surface area contributed by atoms with Crippen molar-refractivity contribution in [3.05, 3.63) is 42.0 Å². The van der Waals surface area contributed by atoms with Gasteiger partial charge in [0.05, 0.1) is 6.04 Å². The van der Waals surface area contributed by atoms with E-state index in [1.807, 2.05) is 42.5 Å². The third-order valence-corrected chi connectivity index (χ3v) is 5.67. The van der Waals surface area contributed by atoms with Crippen LogP contribution in [0.1, 0.15) is 31.2 Å². The Bertz CT molecular complexity index is 737. The molecule has 5 nitrogen and oxygen atoms in total. The molecule has 130 valence electrons. The molecule has 2 saturated carbocycles. The average molecular weight is 339 g/mol. The maximum absolute atomic E-state index is 12.8. The number of likely N-dealkylation sites (tertiary alicyclic amines) is 1. The molecule has 1 aromatic carbocycles. The van der Waals surface area contributed by atoms with Gasteiger partial charge in [0.1, 0.15) is 11.8 Å². The van der Waals surface area contributed by atoms with Crippen LogP contribution in [0.15, 0.2) is 36.4 Å². The van der Waals surface area contributed by atoms with E-state index in [0.717, 1.165) is 18.4 Å². The number of aliphatic carboxylic acids is 1. The smallest absolute Gasteiger partial charge is 0.326 e. The number of fused-ring (bicyclic) bond motifs is 1. The zero-order valence-electron chi connectivity index (χ0n) is 13.9. The van der Waals surface area contributed by atoms with Crippen molar-refractivity contribution in [3.63, 3.8) is 0 Å². The molecule has 4 atom stereocenters. The lowest BCUT2D eigenvalue weighted by atomic mass is 9.89. The van der Waals surface area contributed by atoms with Gasteiger partial charge < -0.3 is 10.0 Å². The van der Waals surface area contributed by atoms with Gasteiger partial charge in [-0.2, -0.15) is 0 Å². The highest BCUT2D eigenvalue weighted by Gasteiger charge is 2.59. The van der Waals surface area contributed by atoms with Gasteiger partial charge in [-0.3, -0.25) is 9.59 Å². The average Bonchev–Trinajstić information content (AvgIpc) is 3.31. The Morgan fingerprint density at radius 1 is 1.12 bits per heavy atom. The number of amides is 1. The molecule has 0 spiro atoms. The second-order valence-electron chi connectivity index (χ2n) is 7.26. The molecule has 4 rings (SSSR count). The topological polar surface area (TPSA) is 74.7 Å². The summed E-state index contributed by atoms with van der Waals surface area (Å²) in [4.78, 5) is 38.6. The van der Waals surface area contributed by atoms with E-state index >= 15 is 0 Å². The van der Waals surface area contributed by atoms with E-state index in [0.29, 0.717) is 12.8 Å². The molecule has 1 aliphatic heterocycles. The van der Waals surface area contributed by atoms with Crippen LogP contribution < -0.4 is 0 Å². The minimum absolute atomic E-state index is 0.0663. The molecule has 1 saturated heterocycles. The molecule has 0 radical (unpaired) electrons. The van der Waals surface area contributed by atoms with E-state index < -0.39 is 18.1 Å². The molecule has 2 aliphatic carbocycles. The third kappa shape index (κ3) is 2.77. The van der Waals surface area contributed by atoms with Gasteiger partial charge >= 0.3 is 5.97 Å². The minimum atomic E-state index is -0.991. The lowest BCUT2D eigenvalue weighted by Crippen LogP contribution is -2.47. The van der Waals surface area contributed by atoms with Crippen LogP contribution in [0.5, 0.6) is 0 Å². The van der Waals surface area contributed by atoms with Crippen LogP contribution in [0.3, 0.4) is 0 Å². The van der Waals surface area contributed by atoms with Gasteiger partial charge in [-0.25, -0.2) is 4.79 Å². The molecule has 0 bridgehead atoms. The van der Waals surface area contributed by atoms with Crippen molar-refractivity contribution in [1.82, 2.24) is 4.90 Å². The number of carboxylic acid groups (broad SMARTS) is 1. The third-order valence-electron chi connectivity index (χ3n) is 5.67. The van der Waals surface area contributed by atoms with E-state index in [2.05, 4.69) is 0 Å². The summed E-state index contributed by atoms with van der Waals surface area (Å²) >= 11 is 0. The minimum Gasteiger partial charge on any atom is -0.480 e. The molecule has 3 aliphatic rings. The Morgan fingerprint density at radius 2 is 1.84 bits per heavy atom. The van der Waals surface area contributed by atoms with Gasteiger partial charge in [0.15, 0.2) is 0 Å². The Balaban J connectivity index is 1.71. The predicted octanol–water partition coefficient (Wildman–Crippen LogP) is 2.37. The van der Waals surface area contributed by atoms with Crippen molar-refractivity contribution >= 4 is 23.7 Å². The quantitative estimate of drug-likeness (QED) is 0.914. The summed E-state index contributed by atoms with van der Waals surface area (Å²) in [7, 11) is 0. The summed E-state index contributed by atoms with van der Waals surface area (Å²) in [6.45, 7) is 0. The highest BCUT2D eigenvalue weighted by molar-refractivity contribution is 5.93. The predicted molar refractivity (Wildman–Crippen MR) is 91.5 cm³/mol. The first kappa shape index (κ1) is 16.1. The second kappa shape index (κ2) is 6.14. The highest BCUT2D eigenvalue weighted by atomic mass is 16.4. The number of carboxylic acids is 1. The van der Waals surface area contributed by atoms with Crippen molar-refractivity contribution < 1.29 is 19.5 Å². The number of carbonyl (C=O) groups is 3. The van der Waals surface area contributed by atoms with Crippen LogP contribution in [0.4, 0.5) is 0 Å². The maximum Gasteiger partial charge on any atom is 0.326 e. The van der Waals surface area contributed by atoms with Crippen LogP contribution in [-0.4, -0.2) is 39.7 Å². The first-order valence-corrected chi connectivity index (χ1v) is 8.89. The first-order chi connectivity index (χ1) is 12.1. The Labute approximate surface area is 146 Å². The number of benzene rings is 1. The first-order valence-electron chi connectivity index (χ1n) is 8.89. The Hall–Kier alpha value is -2.43. The Morgan fingerprint density at radius 3 is 2.48 bits per heavy atom. The van der Waals surface area contributed by atoms with E-state index in [4.69, 9.17) is 0 Å². The molecule has 0 aromatic heterocycles. The zero-order valence-corrected chi connectivity index (χ0v) is 13.9. The molecule has 1 amide bonds. The molecule has 1 heterocycles. The molecule has 1 aromatic rings. The van der Waals surface area contributed by atoms with Crippen molar-refractivity contribution in [1.29, 1.82) is 0 Å². The number of nitrogens with zero attached hydrogens (tertiary/aromatic N) is 1. The molecule has 1 N–H and O–H groups in total. The van der Waals surface area contributed by atoms with Gasteiger partial charge in [0.2, 0.25) is 5.91 Å². The van der Waals surface area contributed by atoms with Crippen LogP contribution in [0, 0.1) is 17.8 Å². The summed E-state index contributed by atoms with van der Waals surface area (Å²) in [6, 6.07) is 8.33. The number of rotatable bonds is 4. The summed E-state index contributed by atoms with van der Waals surface area (Å²) in [6.07, 6.45) is 6.37. The van der Waals surface area contributed by atoms with Crippen molar-refractivity contribution in [2.24, 2.45) is 17.8 Å². The number of Topliss-reactive ketones (excluding diaryl/α,β-unsaturated/α-hetero) is 1. The fourth-order valence-corrected chi connectivity index (χ4v) is 4.37. The fourth-order valence-electron chi connectivity index (χ4n) is 4.37. The van der Waals surface area contributed by atoms with E-state index in [-0.39, 0.29) is 29.4 Å². The van der Waals surface area contributed by atoms with E-state index in [9.17, 15) is 19.5 Å². The number of carbonyl (C=O) groups excluding carboxylic acids is 2. The van der Waals surface area contributed by atoms with Crippen LogP contribution >= 0.6 is 0 Å². The lowest BCUT2D eigenvalue weighted by molar-refractivity contribution is -0.151. The summed E-state index contributed by atoms with van der Waals surface area (Å²) in [5.41, 5.74) is 0.974. The maximum atomic E-state index is 12.8.